The van der Waals surface area contributed by atoms with E-state index in [0.29, 0.717) is 31.3 Å². The van der Waals surface area contributed by atoms with Gasteiger partial charge in [0.15, 0.2) is 0 Å². The van der Waals surface area contributed by atoms with Crippen molar-refractivity contribution >= 4 is 34.8 Å². The van der Waals surface area contributed by atoms with Gasteiger partial charge in [0.05, 0.1) is 62.3 Å². The van der Waals surface area contributed by atoms with Gasteiger partial charge in [-0.25, -0.2) is 19.6 Å². The number of hydrogen-bond acceptors (Lipinski definition) is 11. The number of rotatable bonds is 12. The van der Waals surface area contributed by atoms with Crippen LogP contribution < -0.4 is 15.4 Å². The normalized spacial score (nSPS) is 18.9. The Morgan fingerprint density at radius 3 is 1.76 bits per heavy atom. The van der Waals surface area contributed by atoms with E-state index < -0.39 is 36.5 Å². The molecule has 3 aliphatic heterocycles. The lowest BCUT2D eigenvalue weighted by Crippen LogP contribution is -2.54. The maximum atomic E-state index is 13.7. The SMILES string of the molecule is COC(=O)NC(C(=O)N1CCC[C@H]1c1ncc(-c2ccc3c(c2)COc2c-3ccc3cc(-c4cnc([C@@H]5CCCN5C(=O)[C@@H](NC(=O)OC)[C@@H](C)OC)[nH]4)ccc23)[nH]1)[C@@H](C)OC. The second-order valence-corrected chi connectivity index (χ2v) is 15.9. The Morgan fingerprint density at radius 1 is 0.710 bits per heavy atom. The fourth-order valence-electron chi connectivity index (χ4n) is 8.83. The predicted molar refractivity (Wildman–Crippen MR) is 228 cm³/mol. The molecule has 4 N–H and O–H groups in total. The number of benzene rings is 3. The van der Waals surface area contributed by atoms with Gasteiger partial charge < -0.3 is 54.1 Å². The highest BCUT2D eigenvalue weighted by molar-refractivity contribution is 5.98. The summed E-state index contributed by atoms with van der Waals surface area (Å²) in [6, 6.07) is 14.3. The Labute approximate surface area is 358 Å². The summed E-state index contributed by atoms with van der Waals surface area (Å²) < 4.78 is 26.8. The third-order valence-electron chi connectivity index (χ3n) is 12.4. The van der Waals surface area contributed by atoms with Crippen LogP contribution in [0.5, 0.6) is 5.75 Å². The van der Waals surface area contributed by atoms with Crippen molar-refractivity contribution in [3.8, 4) is 39.4 Å². The molecule has 3 aliphatic rings. The molecule has 0 saturated carbocycles. The lowest BCUT2D eigenvalue weighted by molar-refractivity contribution is -0.138. The molecule has 0 bridgehead atoms. The van der Waals surface area contributed by atoms with Crippen molar-refractivity contribution in [3.05, 3.63) is 78.1 Å². The molecule has 2 aromatic heterocycles. The molecule has 3 aromatic carbocycles. The number of carbonyl (C=O) groups excluding carboxylic acids is 4. The average molecular weight is 849 g/mol. The number of aromatic nitrogens is 4. The zero-order chi connectivity index (χ0) is 43.7. The van der Waals surface area contributed by atoms with Gasteiger partial charge in [-0.1, -0.05) is 30.3 Å². The van der Waals surface area contributed by atoms with Crippen molar-refractivity contribution in [3.63, 3.8) is 0 Å². The standard InChI is InChI=1S/C45H52N8O9/c1-24(58-3)37(50-44(56)60-5)42(54)52-17-7-9-35(52)40-46-21-33(48-40)27-13-15-31-26(19-27)11-16-32-30-14-12-28(20-29(30)23-62-39(31)32)34-22-47-41(49-34)36-10-8-18-53(36)43(55)38(25(2)59-4)51-45(57)61-6/h11-16,19-22,24-25,35-38H,7-10,17-18,23H2,1-6H3,(H,46,48)(H,47,49)(H,50,56)(H,51,57)/t24-,25-,35+,36+,37+,38?/m1/s1. The molecule has 6 atom stereocenters. The van der Waals surface area contributed by atoms with Crippen molar-refractivity contribution in [2.45, 2.75) is 82.5 Å². The van der Waals surface area contributed by atoms with Crippen LogP contribution in [-0.2, 0) is 35.1 Å². The molecule has 5 aromatic rings. The first kappa shape index (κ1) is 42.2. The highest BCUT2D eigenvalue weighted by atomic mass is 16.5. The monoisotopic (exact) mass is 848 g/mol. The number of aromatic amines is 2. The Balaban J connectivity index is 0.984. The van der Waals surface area contributed by atoms with E-state index in [2.05, 4.69) is 63.1 Å². The summed E-state index contributed by atoms with van der Waals surface area (Å²) in [6.07, 6.45) is 4.11. The fourth-order valence-corrected chi connectivity index (χ4v) is 8.83. The van der Waals surface area contributed by atoms with Gasteiger partial charge in [-0.2, -0.15) is 0 Å². The number of likely N-dealkylation sites (tertiary alicyclic amines) is 2. The number of methoxy groups -OCH3 is 4. The van der Waals surface area contributed by atoms with Crippen molar-refractivity contribution in [1.29, 1.82) is 0 Å². The Hall–Kier alpha value is -6.46. The minimum absolute atomic E-state index is 0.255. The van der Waals surface area contributed by atoms with E-state index in [0.717, 1.165) is 81.4 Å². The van der Waals surface area contributed by atoms with Crippen LogP contribution in [0.25, 0.3) is 44.4 Å². The van der Waals surface area contributed by atoms with Crippen LogP contribution in [0.15, 0.2) is 60.9 Å². The van der Waals surface area contributed by atoms with E-state index in [1.165, 1.54) is 28.4 Å². The first-order chi connectivity index (χ1) is 30.0. The third kappa shape index (κ3) is 8.04. The first-order valence-corrected chi connectivity index (χ1v) is 20.8. The van der Waals surface area contributed by atoms with Crippen molar-refractivity contribution < 1.29 is 42.9 Å². The van der Waals surface area contributed by atoms with Gasteiger partial charge in [-0.3, -0.25) is 9.59 Å². The van der Waals surface area contributed by atoms with Crippen molar-refractivity contribution in [1.82, 2.24) is 40.4 Å². The average Bonchev–Trinajstić information content (AvgIpc) is 4.15. The van der Waals surface area contributed by atoms with E-state index in [9.17, 15) is 19.2 Å². The van der Waals surface area contributed by atoms with E-state index in [-0.39, 0.29) is 23.9 Å². The lowest BCUT2D eigenvalue weighted by Gasteiger charge is -2.30. The number of H-pyrrole nitrogens is 2. The molecule has 8 rings (SSSR count). The summed E-state index contributed by atoms with van der Waals surface area (Å²) in [5.41, 5.74) is 6.66. The molecule has 17 nitrogen and oxygen atoms in total. The zero-order valence-electron chi connectivity index (χ0n) is 35.7. The zero-order valence-corrected chi connectivity index (χ0v) is 35.7. The maximum absolute atomic E-state index is 13.7. The van der Waals surface area contributed by atoms with E-state index in [1.807, 2.05) is 6.07 Å². The number of amides is 4. The van der Waals surface area contributed by atoms with Gasteiger partial charge in [-0.05, 0) is 79.8 Å². The largest absolute Gasteiger partial charge is 0.488 e. The second-order valence-electron chi connectivity index (χ2n) is 15.9. The van der Waals surface area contributed by atoms with Gasteiger partial charge in [0.1, 0.15) is 36.1 Å². The van der Waals surface area contributed by atoms with Crippen LogP contribution >= 0.6 is 0 Å². The fraction of sp³-hybridized carbons (Fsp3) is 0.422. The molecule has 2 saturated heterocycles. The number of alkyl carbamates (subject to hydrolysis) is 2. The minimum Gasteiger partial charge on any atom is -0.488 e. The number of ether oxygens (including phenoxy) is 5. The number of hydrogen-bond donors (Lipinski definition) is 4. The van der Waals surface area contributed by atoms with E-state index in [1.54, 1.807) is 36.0 Å². The molecule has 0 radical (unpaired) electrons. The predicted octanol–water partition coefficient (Wildman–Crippen LogP) is 6.03. The molecule has 0 spiro atoms. The molecular formula is C45H52N8O9. The topological polar surface area (TPSA) is 202 Å². The Morgan fingerprint density at radius 2 is 1.23 bits per heavy atom. The number of imidazole rings is 2. The van der Waals surface area contributed by atoms with E-state index in [4.69, 9.17) is 33.7 Å². The molecule has 5 heterocycles. The van der Waals surface area contributed by atoms with Gasteiger partial charge >= 0.3 is 12.2 Å². The third-order valence-corrected chi connectivity index (χ3v) is 12.4. The summed E-state index contributed by atoms with van der Waals surface area (Å²) in [6.45, 7) is 4.91. The van der Waals surface area contributed by atoms with Crippen LogP contribution in [0.4, 0.5) is 9.59 Å². The summed E-state index contributed by atoms with van der Waals surface area (Å²) in [7, 11) is 5.51. The highest BCUT2D eigenvalue weighted by Crippen LogP contribution is 2.44. The van der Waals surface area contributed by atoms with Crippen LogP contribution in [0.3, 0.4) is 0 Å². The quantitative estimate of drug-likeness (QED) is 0.114. The summed E-state index contributed by atoms with van der Waals surface area (Å²) in [5.74, 6) is 1.66. The molecule has 62 heavy (non-hydrogen) atoms. The maximum Gasteiger partial charge on any atom is 0.407 e. The minimum atomic E-state index is -0.909. The molecule has 2 fully saturated rings. The molecule has 1 unspecified atom stereocenters. The van der Waals surface area contributed by atoms with Crippen LogP contribution in [0, 0.1) is 0 Å². The first-order valence-electron chi connectivity index (χ1n) is 20.8. The summed E-state index contributed by atoms with van der Waals surface area (Å²) in [4.78, 5) is 71.4. The van der Waals surface area contributed by atoms with E-state index >= 15 is 0 Å². The van der Waals surface area contributed by atoms with Crippen LogP contribution in [0.2, 0.25) is 0 Å². The van der Waals surface area contributed by atoms with Gasteiger partial charge in [0, 0.05) is 43.8 Å². The Bertz CT molecular complexity index is 2480. The highest BCUT2D eigenvalue weighted by Gasteiger charge is 2.40. The number of fused-ring (bicyclic) bond motifs is 5. The van der Waals surface area contributed by atoms with Crippen LogP contribution in [0.1, 0.15) is 68.8 Å². The molecular weight excluding hydrogens is 797 g/mol. The van der Waals surface area contributed by atoms with Gasteiger partial charge in [-0.15, -0.1) is 0 Å². The second kappa shape index (κ2) is 17.9. The van der Waals surface area contributed by atoms with Crippen LogP contribution in [-0.4, -0.2) is 120 Å². The van der Waals surface area contributed by atoms with Gasteiger partial charge in [0.2, 0.25) is 11.8 Å². The number of nitrogens with zero attached hydrogens (tertiary/aromatic N) is 4. The summed E-state index contributed by atoms with van der Waals surface area (Å²) >= 11 is 0. The van der Waals surface area contributed by atoms with Crippen molar-refractivity contribution in [2.75, 3.05) is 41.5 Å². The smallest absolute Gasteiger partial charge is 0.407 e. The molecule has 326 valence electrons. The molecule has 4 amide bonds. The molecule has 0 aliphatic carbocycles. The molecule has 17 heteroatoms. The summed E-state index contributed by atoms with van der Waals surface area (Å²) in [5, 5.41) is 7.26. The number of carbonyl (C=O) groups is 4. The van der Waals surface area contributed by atoms with Crippen molar-refractivity contribution in [2.24, 2.45) is 0 Å². The van der Waals surface area contributed by atoms with Gasteiger partial charge in [0.25, 0.3) is 0 Å². The Kier molecular flexibility index (Phi) is 12.2. The lowest BCUT2D eigenvalue weighted by atomic mass is 9.92. The number of nitrogens with one attached hydrogen (secondary N) is 4.